The summed E-state index contributed by atoms with van der Waals surface area (Å²) in [5.41, 5.74) is 5.61. The lowest BCUT2D eigenvalue weighted by Gasteiger charge is -2.56. The molecule has 0 saturated carbocycles. The Bertz CT molecular complexity index is 440. The van der Waals surface area contributed by atoms with E-state index < -0.39 is 33.0 Å². The van der Waals surface area contributed by atoms with Gasteiger partial charge in [0.2, 0.25) is 0 Å². The summed E-state index contributed by atoms with van der Waals surface area (Å²) in [7, 11) is -7.55. The first-order valence-electron chi connectivity index (χ1n) is 11.5. The van der Waals surface area contributed by atoms with Crippen molar-refractivity contribution in [3.8, 4) is 0 Å². The van der Waals surface area contributed by atoms with Crippen LogP contribution in [0.15, 0.2) is 0 Å². The van der Waals surface area contributed by atoms with E-state index in [1.165, 1.54) is 6.04 Å². The first kappa shape index (κ1) is 29.7. The minimum absolute atomic E-state index is 0.0499. The predicted octanol–water partition coefficient (Wildman–Crippen LogP) is 4.79. The molecule has 0 rings (SSSR count). The van der Waals surface area contributed by atoms with E-state index in [1.54, 1.807) is 0 Å². The SMILES string of the molecule is CCO[Si](CCCNCCN)(OCC)OC(C[Si](C)(C)C)([Si](C)(C)C)[Si](C)(C)C. The minimum atomic E-state index is -2.79. The third-order valence-corrected chi connectivity index (χ3v) is 21.1. The maximum Gasteiger partial charge on any atom is 0.500 e. The Balaban J connectivity index is 6.13. The van der Waals surface area contributed by atoms with Crippen molar-refractivity contribution in [2.24, 2.45) is 5.73 Å². The average Bonchev–Trinajstić information content (AvgIpc) is 2.51. The van der Waals surface area contributed by atoms with Gasteiger partial charge in [-0.05, 0) is 32.9 Å². The van der Waals surface area contributed by atoms with E-state index in [4.69, 9.17) is 19.0 Å². The molecule has 0 aromatic rings. The molecule has 9 heteroatoms. The molecule has 0 radical (unpaired) electrons. The molecule has 0 atom stereocenters. The number of nitrogens with one attached hydrogen (secondary N) is 1. The third kappa shape index (κ3) is 9.36. The zero-order chi connectivity index (χ0) is 23.0. The van der Waals surface area contributed by atoms with Gasteiger partial charge in [0.15, 0.2) is 0 Å². The summed E-state index contributed by atoms with van der Waals surface area (Å²) >= 11 is 0. The van der Waals surface area contributed by atoms with E-state index in [9.17, 15) is 0 Å². The van der Waals surface area contributed by atoms with Gasteiger partial charge in [-0.15, -0.1) is 0 Å². The molecule has 0 aliphatic carbocycles. The van der Waals surface area contributed by atoms with Crippen molar-refractivity contribution in [3.63, 3.8) is 0 Å². The molecule has 0 spiro atoms. The number of rotatable bonds is 16. The van der Waals surface area contributed by atoms with E-state index in [0.717, 1.165) is 25.6 Å². The molecule has 29 heavy (non-hydrogen) atoms. The second kappa shape index (κ2) is 12.1. The van der Waals surface area contributed by atoms with Crippen LogP contribution in [0.1, 0.15) is 20.3 Å². The van der Waals surface area contributed by atoms with E-state index in [-0.39, 0.29) is 4.85 Å². The smallest absolute Gasteiger partial charge is 0.374 e. The molecule has 0 aliphatic heterocycles. The highest BCUT2D eigenvalue weighted by atomic mass is 28.4. The van der Waals surface area contributed by atoms with Crippen LogP contribution in [0, 0.1) is 0 Å². The second-order valence-electron chi connectivity index (χ2n) is 11.4. The van der Waals surface area contributed by atoms with Crippen LogP contribution in [0.3, 0.4) is 0 Å². The Kier molecular flexibility index (Phi) is 12.3. The highest BCUT2D eigenvalue weighted by molar-refractivity contribution is 7.01. The molecule has 0 amide bonds. The van der Waals surface area contributed by atoms with Gasteiger partial charge in [0.05, 0.1) is 16.1 Å². The van der Waals surface area contributed by atoms with Crippen LogP contribution in [0.2, 0.25) is 71.0 Å². The Hall–Kier alpha value is 0.668. The summed E-state index contributed by atoms with van der Waals surface area (Å²) in [4.78, 5) is -0.0499. The summed E-state index contributed by atoms with van der Waals surface area (Å²) in [6.45, 7) is 30.3. The highest BCUT2D eigenvalue weighted by Crippen LogP contribution is 2.44. The first-order valence-corrected chi connectivity index (χ1v) is 24.1. The van der Waals surface area contributed by atoms with Crippen molar-refractivity contribution in [2.45, 2.75) is 96.1 Å². The van der Waals surface area contributed by atoms with Gasteiger partial charge in [-0.3, -0.25) is 0 Å². The fraction of sp³-hybridized carbons (Fsp3) is 1.00. The van der Waals surface area contributed by atoms with Crippen LogP contribution in [0.4, 0.5) is 0 Å². The highest BCUT2D eigenvalue weighted by Gasteiger charge is 2.60. The summed E-state index contributed by atoms with van der Waals surface area (Å²) in [5, 5.41) is 3.41. The van der Waals surface area contributed by atoms with E-state index in [1.807, 2.05) is 0 Å². The lowest BCUT2D eigenvalue weighted by Crippen LogP contribution is -2.73. The number of hydrogen-bond donors (Lipinski definition) is 2. The van der Waals surface area contributed by atoms with Crippen LogP contribution in [-0.2, 0) is 13.3 Å². The minimum Gasteiger partial charge on any atom is -0.374 e. The van der Waals surface area contributed by atoms with Gasteiger partial charge in [0.25, 0.3) is 0 Å². The van der Waals surface area contributed by atoms with Gasteiger partial charge in [-0.2, -0.15) is 0 Å². The molecule has 0 unspecified atom stereocenters. The van der Waals surface area contributed by atoms with Gasteiger partial charge in [0.1, 0.15) is 0 Å². The maximum atomic E-state index is 7.42. The molecule has 0 aromatic heterocycles. The lowest BCUT2D eigenvalue weighted by molar-refractivity contribution is 0.0407. The molecule has 0 fully saturated rings. The third-order valence-electron chi connectivity index (χ3n) is 5.42. The van der Waals surface area contributed by atoms with Crippen molar-refractivity contribution >= 4 is 33.0 Å². The van der Waals surface area contributed by atoms with Crippen molar-refractivity contribution in [1.29, 1.82) is 0 Å². The molecule has 3 N–H and O–H groups in total. The van der Waals surface area contributed by atoms with Crippen molar-refractivity contribution in [1.82, 2.24) is 5.32 Å². The van der Waals surface area contributed by atoms with Crippen LogP contribution < -0.4 is 11.1 Å². The van der Waals surface area contributed by atoms with Gasteiger partial charge < -0.3 is 24.3 Å². The molecule has 0 saturated heterocycles. The van der Waals surface area contributed by atoms with E-state index in [0.29, 0.717) is 19.8 Å². The first-order chi connectivity index (χ1) is 13.1. The fourth-order valence-electron chi connectivity index (χ4n) is 4.40. The monoisotopic (exact) mass is 480 g/mol. The normalized spacial score (nSPS) is 14.5. The predicted molar refractivity (Wildman–Crippen MR) is 139 cm³/mol. The second-order valence-corrected chi connectivity index (χ2v) is 30.6. The molecule has 0 bridgehead atoms. The molecule has 176 valence electrons. The van der Waals surface area contributed by atoms with Gasteiger partial charge >= 0.3 is 8.80 Å². The Morgan fingerprint density at radius 3 is 1.62 bits per heavy atom. The zero-order valence-corrected chi connectivity index (χ0v) is 25.5. The molecular weight excluding hydrogens is 429 g/mol. The van der Waals surface area contributed by atoms with E-state index in [2.05, 4.69) is 78.1 Å². The Morgan fingerprint density at radius 1 is 0.793 bits per heavy atom. The van der Waals surface area contributed by atoms with Crippen molar-refractivity contribution in [2.75, 3.05) is 32.8 Å². The molecule has 0 aromatic carbocycles. The molecular formula is C20H52N2O3Si4. The quantitative estimate of drug-likeness (QED) is 0.246. The van der Waals surface area contributed by atoms with Crippen LogP contribution >= 0.6 is 0 Å². The summed E-state index contributed by atoms with van der Waals surface area (Å²) in [5.74, 6) is 0. The van der Waals surface area contributed by atoms with Crippen molar-refractivity contribution in [3.05, 3.63) is 0 Å². The Labute approximate surface area is 186 Å². The number of hydrogen-bond acceptors (Lipinski definition) is 5. The van der Waals surface area contributed by atoms with Crippen molar-refractivity contribution < 1.29 is 13.3 Å². The lowest BCUT2D eigenvalue weighted by atomic mass is 10.5. The molecule has 0 aliphatic rings. The fourth-order valence-corrected chi connectivity index (χ4v) is 28.6. The van der Waals surface area contributed by atoms with Crippen LogP contribution in [0.25, 0.3) is 0 Å². The zero-order valence-electron chi connectivity index (χ0n) is 21.5. The molecule has 5 nitrogen and oxygen atoms in total. The van der Waals surface area contributed by atoms with E-state index >= 15 is 0 Å². The van der Waals surface area contributed by atoms with Crippen LogP contribution in [0.5, 0.6) is 0 Å². The van der Waals surface area contributed by atoms with Gasteiger partial charge in [-0.25, -0.2) is 0 Å². The Morgan fingerprint density at radius 2 is 1.28 bits per heavy atom. The van der Waals surface area contributed by atoms with Crippen LogP contribution in [-0.4, -0.2) is 70.7 Å². The average molecular weight is 481 g/mol. The number of nitrogens with two attached hydrogens (primary N) is 1. The van der Waals surface area contributed by atoms with Gasteiger partial charge in [-0.1, -0.05) is 58.9 Å². The summed E-state index contributed by atoms with van der Waals surface area (Å²) in [6, 6.07) is 2.07. The molecule has 0 heterocycles. The summed E-state index contributed by atoms with van der Waals surface area (Å²) < 4.78 is 20.3. The van der Waals surface area contributed by atoms with Gasteiger partial charge in [0, 0.05) is 45.3 Å². The largest absolute Gasteiger partial charge is 0.500 e. The summed E-state index contributed by atoms with van der Waals surface area (Å²) in [6.07, 6.45) is 0.993. The standard InChI is InChI=1S/C20H52N2O3Si4/c1-12-23-29(24-13-2,18-14-16-22-17-15-21)25-20(27(6,7)8,28(9,10)11)19-26(3,4)5/h22H,12-19,21H2,1-11H3. The topological polar surface area (TPSA) is 65.7 Å². The maximum absolute atomic E-state index is 7.42.